The molecule has 1 aromatic rings. The fourth-order valence-corrected chi connectivity index (χ4v) is 1.76. The van der Waals surface area contributed by atoms with Gasteiger partial charge in [-0.25, -0.2) is 0 Å². The van der Waals surface area contributed by atoms with Crippen LogP contribution in [0, 0.1) is 6.92 Å². The Labute approximate surface area is 98.4 Å². The smallest absolute Gasteiger partial charge is 0.0661 e. The Balaban J connectivity index is 2.78. The molecule has 0 aliphatic rings. The summed E-state index contributed by atoms with van der Waals surface area (Å²) in [5.41, 5.74) is 3.67. The molecule has 1 rings (SSSR count). The fraction of sp³-hybridized carbons (Fsp3) is 0.538. The Morgan fingerprint density at radius 1 is 1.38 bits per heavy atom. The molecular weight excluding hydrogens is 200 g/mol. The van der Waals surface area contributed by atoms with E-state index in [2.05, 4.69) is 56.4 Å². The first-order chi connectivity index (χ1) is 7.54. The second-order valence-electron chi connectivity index (χ2n) is 4.40. The second-order valence-corrected chi connectivity index (χ2v) is 4.40. The van der Waals surface area contributed by atoms with E-state index in [1.807, 2.05) is 0 Å². The summed E-state index contributed by atoms with van der Waals surface area (Å²) < 4.78 is 5.10. The molecule has 0 fully saturated rings. The standard InChI is InChI=1S/C13H22N2O/c1-10-6-7-12(8-13(10)15(3)4)14-11(2)9-16-5/h6-8,11,14H,9H2,1-5H3. The first-order valence-corrected chi connectivity index (χ1v) is 5.58. The molecule has 0 saturated carbocycles. The lowest BCUT2D eigenvalue weighted by molar-refractivity contribution is 0.190. The minimum atomic E-state index is 0.322. The van der Waals surface area contributed by atoms with Crippen molar-refractivity contribution in [2.75, 3.05) is 38.0 Å². The molecule has 0 aromatic heterocycles. The van der Waals surface area contributed by atoms with Crippen molar-refractivity contribution in [2.24, 2.45) is 0 Å². The molecule has 0 amide bonds. The van der Waals surface area contributed by atoms with Gasteiger partial charge in [0.2, 0.25) is 0 Å². The maximum absolute atomic E-state index is 5.10. The zero-order valence-corrected chi connectivity index (χ0v) is 10.9. The molecule has 1 atom stereocenters. The van der Waals surface area contributed by atoms with Crippen LogP contribution >= 0.6 is 0 Å². The van der Waals surface area contributed by atoms with E-state index in [4.69, 9.17) is 4.74 Å². The van der Waals surface area contributed by atoms with E-state index < -0.39 is 0 Å². The lowest BCUT2D eigenvalue weighted by Gasteiger charge is -2.19. The monoisotopic (exact) mass is 222 g/mol. The van der Waals surface area contributed by atoms with Crippen LogP contribution in [-0.4, -0.2) is 33.9 Å². The van der Waals surface area contributed by atoms with E-state index in [1.165, 1.54) is 11.3 Å². The van der Waals surface area contributed by atoms with E-state index in [0.717, 1.165) is 5.69 Å². The van der Waals surface area contributed by atoms with Gasteiger partial charge in [0, 0.05) is 38.6 Å². The average Bonchev–Trinajstić information content (AvgIpc) is 2.21. The van der Waals surface area contributed by atoms with Gasteiger partial charge in [-0.2, -0.15) is 0 Å². The summed E-state index contributed by atoms with van der Waals surface area (Å²) in [5.74, 6) is 0. The van der Waals surface area contributed by atoms with Crippen LogP contribution in [0.15, 0.2) is 18.2 Å². The van der Waals surface area contributed by atoms with Gasteiger partial charge in [-0.05, 0) is 31.5 Å². The molecule has 3 nitrogen and oxygen atoms in total. The molecule has 0 heterocycles. The molecule has 0 aliphatic heterocycles. The van der Waals surface area contributed by atoms with Crippen LogP contribution in [0.4, 0.5) is 11.4 Å². The molecule has 0 aliphatic carbocycles. The summed E-state index contributed by atoms with van der Waals surface area (Å²) in [5, 5.41) is 3.41. The van der Waals surface area contributed by atoms with Gasteiger partial charge < -0.3 is 15.0 Å². The van der Waals surface area contributed by atoms with Crippen molar-refractivity contribution < 1.29 is 4.74 Å². The predicted molar refractivity (Wildman–Crippen MR) is 70.5 cm³/mol. The Kier molecular flexibility index (Phi) is 4.62. The summed E-state index contributed by atoms with van der Waals surface area (Å²) in [6.45, 7) is 4.95. The summed E-state index contributed by atoms with van der Waals surface area (Å²) in [4.78, 5) is 2.13. The number of nitrogens with one attached hydrogen (secondary N) is 1. The highest BCUT2D eigenvalue weighted by atomic mass is 16.5. The number of aryl methyl sites for hydroxylation is 1. The molecular formula is C13H22N2O. The Bertz CT molecular complexity index is 337. The summed E-state index contributed by atoms with van der Waals surface area (Å²) in [7, 11) is 5.84. The van der Waals surface area contributed by atoms with Gasteiger partial charge in [0.1, 0.15) is 0 Å². The van der Waals surface area contributed by atoms with Gasteiger partial charge in [-0.3, -0.25) is 0 Å². The lowest BCUT2D eigenvalue weighted by Crippen LogP contribution is -2.21. The number of rotatable bonds is 5. The molecule has 1 unspecified atom stereocenters. The topological polar surface area (TPSA) is 24.5 Å². The molecule has 0 saturated heterocycles. The maximum atomic E-state index is 5.10. The Morgan fingerprint density at radius 3 is 2.62 bits per heavy atom. The van der Waals surface area contributed by atoms with Crippen LogP contribution in [0.5, 0.6) is 0 Å². The summed E-state index contributed by atoms with van der Waals surface area (Å²) in [6, 6.07) is 6.73. The van der Waals surface area contributed by atoms with Crippen molar-refractivity contribution in [3.63, 3.8) is 0 Å². The first kappa shape index (κ1) is 12.8. The molecule has 0 radical (unpaired) electrons. The molecule has 0 bridgehead atoms. The number of hydrogen-bond donors (Lipinski definition) is 1. The molecule has 3 heteroatoms. The summed E-state index contributed by atoms with van der Waals surface area (Å²) >= 11 is 0. The van der Waals surface area contributed by atoms with Crippen molar-refractivity contribution in [1.82, 2.24) is 0 Å². The van der Waals surface area contributed by atoms with E-state index in [1.54, 1.807) is 7.11 Å². The number of benzene rings is 1. The van der Waals surface area contributed by atoms with Crippen LogP contribution in [-0.2, 0) is 4.74 Å². The van der Waals surface area contributed by atoms with E-state index >= 15 is 0 Å². The zero-order valence-electron chi connectivity index (χ0n) is 10.9. The van der Waals surface area contributed by atoms with Crippen LogP contribution in [0.1, 0.15) is 12.5 Å². The number of hydrogen-bond acceptors (Lipinski definition) is 3. The fourth-order valence-electron chi connectivity index (χ4n) is 1.76. The highest BCUT2D eigenvalue weighted by Gasteiger charge is 2.05. The van der Waals surface area contributed by atoms with Gasteiger partial charge in [0.25, 0.3) is 0 Å². The third-order valence-electron chi connectivity index (χ3n) is 2.52. The van der Waals surface area contributed by atoms with Gasteiger partial charge in [0.05, 0.1) is 6.61 Å². The SMILES string of the molecule is COCC(C)Nc1ccc(C)c(N(C)C)c1. The number of ether oxygens (including phenoxy) is 1. The lowest BCUT2D eigenvalue weighted by atomic mass is 10.1. The molecule has 16 heavy (non-hydrogen) atoms. The zero-order chi connectivity index (χ0) is 12.1. The van der Waals surface area contributed by atoms with Gasteiger partial charge in [0.15, 0.2) is 0 Å². The van der Waals surface area contributed by atoms with Crippen molar-refractivity contribution in [3.05, 3.63) is 23.8 Å². The average molecular weight is 222 g/mol. The molecule has 1 aromatic carbocycles. The van der Waals surface area contributed by atoms with E-state index in [0.29, 0.717) is 12.6 Å². The van der Waals surface area contributed by atoms with Crippen LogP contribution < -0.4 is 10.2 Å². The van der Waals surface area contributed by atoms with Crippen molar-refractivity contribution >= 4 is 11.4 Å². The highest BCUT2D eigenvalue weighted by molar-refractivity contribution is 5.62. The Morgan fingerprint density at radius 2 is 2.06 bits per heavy atom. The largest absolute Gasteiger partial charge is 0.383 e. The van der Waals surface area contributed by atoms with Crippen molar-refractivity contribution in [2.45, 2.75) is 19.9 Å². The predicted octanol–water partition coefficient (Wildman–Crippen LogP) is 2.51. The van der Waals surface area contributed by atoms with Crippen LogP contribution in [0.3, 0.4) is 0 Å². The number of nitrogens with zero attached hydrogens (tertiary/aromatic N) is 1. The van der Waals surface area contributed by atoms with Crippen molar-refractivity contribution in [3.8, 4) is 0 Å². The molecule has 0 spiro atoms. The third kappa shape index (κ3) is 3.42. The number of methoxy groups -OCH3 is 1. The maximum Gasteiger partial charge on any atom is 0.0661 e. The van der Waals surface area contributed by atoms with Gasteiger partial charge in [-0.1, -0.05) is 6.07 Å². The second kappa shape index (κ2) is 5.75. The Hall–Kier alpha value is -1.22. The molecule has 90 valence electrons. The minimum absolute atomic E-state index is 0.322. The quantitative estimate of drug-likeness (QED) is 0.828. The van der Waals surface area contributed by atoms with Crippen molar-refractivity contribution in [1.29, 1.82) is 0 Å². The van der Waals surface area contributed by atoms with Crippen LogP contribution in [0.2, 0.25) is 0 Å². The van der Waals surface area contributed by atoms with Gasteiger partial charge >= 0.3 is 0 Å². The number of anilines is 2. The third-order valence-corrected chi connectivity index (χ3v) is 2.52. The normalized spacial score (nSPS) is 12.3. The van der Waals surface area contributed by atoms with E-state index in [9.17, 15) is 0 Å². The highest BCUT2D eigenvalue weighted by Crippen LogP contribution is 2.22. The van der Waals surface area contributed by atoms with Gasteiger partial charge in [-0.15, -0.1) is 0 Å². The van der Waals surface area contributed by atoms with E-state index in [-0.39, 0.29) is 0 Å². The summed E-state index contributed by atoms with van der Waals surface area (Å²) in [6.07, 6.45) is 0. The molecule has 1 N–H and O–H groups in total. The first-order valence-electron chi connectivity index (χ1n) is 5.58. The van der Waals surface area contributed by atoms with Crippen LogP contribution in [0.25, 0.3) is 0 Å². The minimum Gasteiger partial charge on any atom is -0.383 e.